The maximum Gasteiger partial charge on any atom is 0.119 e. The quantitative estimate of drug-likeness (QED) is 0.599. The van der Waals surface area contributed by atoms with Gasteiger partial charge in [-0.05, 0) is 34.9 Å². The molecule has 0 aliphatic rings. The second kappa shape index (κ2) is 9.05. The van der Waals surface area contributed by atoms with Gasteiger partial charge in [-0.1, -0.05) is 36.4 Å². The Balaban J connectivity index is 1.67. The van der Waals surface area contributed by atoms with E-state index in [9.17, 15) is 0 Å². The average Bonchev–Trinajstić information content (AvgIpc) is 2.71. The van der Waals surface area contributed by atoms with Crippen molar-refractivity contribution in [1.29, 1.82) is 5.41 Å². The number of hydrogen-bond donors (Lipinski definition) is 2. The summed E-state index contributed by atoms with van der Waals surface area (Å²) < 4.78 is 12.7. The van der Waals surface area contributed by atoms with E-state index in [2.05, 4.69) is 46.3 Å². The van der Waals surface area contributed by atoms with E-state index in [1.165, 1.54) is 11.1 Å². The molecule has 0 saturated heterocycles. The number of nitrogens with one attached hydrogen (secondary N) is 2. The summed E-state index contributed by atoms with van der Waals surface area (Å²) in [4.78, 5) is 0. The molecular weight excluding hydrogens is 338 g/mol. The molecule has 3 rings (SSSR count). The topological polar surface area (TPSA) is 59.3 Å². The Bertz CT molecular complexity index is 916. The molecule has 0 radical (unpaired) electrons. The molecule has 3 aromatic rings. The molecule has 0 saturated carbocycles. The molecule has 0 bridgehead atoms. The molecule has 0 unspecified atom stereocenters. The van der Waals surface area contributed by atoms with Crippen molar-refractivity contribution in [3.8, 4) is 16.9 Å². The van der Waals surface area contributed by atoms with E-state index in [-0.39, 0.29) is 0 Å². The first-order valence-electron chi connectivity index (χ1n) is 8.93. The average molecular weight is 363 g/mol. The highest BCUT2D eigenvalue weighted by molar-refractivity contribution is 5.64. The van der Waals surface area contributed by atoms with Crippen LogP contribution in [-0.2, 0) is 11.3 Å². The van der Waals surface area contributed by atoms with E-state index >= 15 is 0 Å². The van der Waals surface area contributed by atoms with E-state index in [0.29, 0.717) is 18.6 Å². The highest BCUT2D eigenvalue weighted by Crippen LogP contribution is 2.23. The first kappa shape index (κ1) is 18.7. The van der Waals surface area contributed by atoms with E-state index in [4.69, 9.17) is 14.9 Å². The summed E-state index contributed by atoms with van der Waals surface area (Å²) in [5.74, 6) is 0.849. The lowest BCUT2D eigenvalue weighted by Crippen LogP contribution is -2.11. The van der Waals surface area contributed by atoms with Gasteiger partial charge < -0.3 is 19.4 Å². The monoisotopic (exact) mass is 363 g/mol. The maximum absolute atomic E-state index is 7.84. The molecule has 27 heavy (non-hydrogen) atoms. The molecule has 2 aromatic carbocycles. The summed E-state index contributed by atoms with van der Waals surface area (Å²) in [6.07, 6.45) is 3.89. The van der Waals surface area contributed by atoms with Gasteiger partial charge in [-0.3, -0.25) is 5.41 Å². The van der Waals surface area contributed by atoms with Gasteiger partial charge in [0.2, 0.25) is 0 Å². The summed E-state index contributed by atoms with van der Waals surface area (Å²) in [7, 11) is 3.50. The highest BCUT2D eigenvalue weighted by atomic mass is 16.5. The Hall–Kier alpha value is -3.05. The van der Waals surface area contributed by atoms with E-state index < -0.39 is 0 Å². The number of rotatable bonds is 8. The predicted octanol–water partition coefficient (Wildman–Crippen LogP) is 3.75. The van der Waals surface area contributed by atoms with E-state index in [1.54, 1.807) is 13.2 Å². The van der Waals surface area contributed by atoms with Gasteiger partial charge in [-0.25, -0.2) is 0 Å². The summed E-state index contributed by atoms with van der Waals surface area (Å²) >= 11 is 0. The SMILES string of the molecule is CNc1cn(Cc2ccc(-c3ccc(OCCOC)cc3)cc2)ccc1=N. The number of pyridine rings is 1. The van der Waals surface area contributed by atoms with Crippen LogP contribution in [0.3, 0.4) is 0 Å². The number of methoxy groups -OCH3 is 1. The largest absolute Gasteiger partial charge is 0.491 e. The lowest BCUT2D eigenvalue weighted by molar-refractivity contribution is 0.146. The summed E-state index contributed by atoms with van der Waals surface area (Å²) in [6.45, 7) is 1.90. The minimum Gasteiger partial charge on any atom is -0.491 e. The fourth-order valence-electron chi connectivity index (χ4n) is 2.84. The van der Waals surface area contributed by atoms with E-state index in [0.717, 1.165) is 23.5 Å². The lowest BCUT2D eigenvalue weighted by Gasteiger charge is -2.10. The van der Waals surface area contributed by atoms with Crippen molar-refractivity contribution < 1.29 is 9.47 Å². The fraction of sp³-hybridized carbons (Fsp3) is 0.227. The van der Waals surface area contributed by atoms with Crippen LogP contribution in [0.4, 0.5) is 5.69 Å². The smallest absolute Gasteiger partial charge is 0.119 e. The zero-order chi connectivity index (χ0) is 19.1. The van der Waals surface area contributed by atoms with Crippen molar-refractivity contribution in [2.45, 2.75) is 6.54 Å². The van der Waals surface area contributed by atoms with Gasteiger partial charge in [-0.2, -0.15) is 0 Å². The van der Waals surface area contributed by atoms with Crippen LogP contribution < -0.4 is 15.4 Å². The third-order valence-electron chi connectivity index (χ3n) is 4.35. The normalized spacial score (nSPS) is 10.6. The second-order valence-corrected chi connectivity index (χ2v) is 6.26. The first-order chi connectivity index (χ1) is 13.2. The van der Waals surface area contributed by atoms with Crippen LogP contribution in [0, 0.1) is 5.41 Å². The predicted molar refractivity (Wildman–Crippen MR) is 108 cm³/mol. The Kier molecular flexibility index (Phi) is 6.28. The molecular formula is C22H25N3O2. The molecule has 0 fully saturated rings. The highest BCUT2D eigenvalue weighted by Gasteiger charge is 2.01. The van der Waals surface area contributed by atoms with Gasteiger partial charge in [0.05, 0.1) is 17.7 Å². The number of benzene rings is 2. The Morgan fingerprint density at radius 2 is 1.59 bits per heavy atom. The van der Waals surface area contributed by atoms with E-state index in [1.807, 2.05) is 31.6 Å². The zero-order valence-electron chi connectivity index (χ0n) is 15.7. The van der Waals surface area contributed by atoms with Crippen LogP contribution in [0.1, 0.15) is 5.56 Å². The number of aromatic nitrogens is 1. The molecule has 0 aliphatic heterocycles. The third-order valence-corrected chi connectivity index (χ3v) is 4.35. The van der Waals surface area contributed by atoms with Gasteiger partial charge in [0.15, 0.2) is 0 Å². The molecule has 2 N–H and O–H groups in total. The van der Waals surface area contributed by atoms with Crippen molar-refractivity contribution in [3.05, 3.63) is 77.9 Å². The minimum atomic E-state index is 0.499. The molecule has 1 heterocycles. The second-order valence-electron chi connectivity index (χ2n) is 6.26. The van der Waals surface area contributed by atoms with Gasteiger partial charge in [0.1, 0.15) is 12.4 Å². The molecule has 5 heteroatoms. The molecule has 140 valence electrons. The number of hydrogen-bond acceptors (Lipinski definition) is 4. The molecule has 0 aliphatic carbocycles. The van der Waals surface area contributed by atoms with Crippen molar-refractivity contribution in [2.24, 2.45) is 0 Å². The molecule has 1 aromatic heterocycles. The number of anilines is 1. The zero-order valence-corrected chi connectivity index (χ0v) is 15.7. The lowest BCUT2D eigenvalue weighted by atomic mass is 10.0. The molecule has 5 nitrogen and oxygen atoms in total. The summed E-state index contributed by atoms with van der Waals surface area (Å²) in [6, 6.07) is 18.4. The molecule has 0 amide bonds. The molecule has 0 atom stereocenters. The Morgan fingerprint density at radius 1 is 0.926 bits per heavy atom. The minimum absolute atomic E-state index is 0.499. The molecule has 0 spiro atoms. The summed E-state index contributed by atoms with van der Waals surface area (Å²) in [5, 5.41) is 11.4. The number of ether oxygens (including phenoxy) is 2. The van der Waals surface area contributed by atoms with Gasteiger partial charge in [0.25, 0.3) is 0 Å². The van der Waals surface area contributed by atoms with Gasteiger partial charge >= 0.3 is 0 Å². The Labute approximate surface area is 159 Å². The van der Waals surface area contributed by atoms with Crippen LogP contribution in [0.2, 0.25) is 0 Å². The third kappa shape index (κ3) is 4.99. The summed E-state index contributed by atoms with van der Waals surface area (Å²) in [5.41, 5.74) is 4.36. The van der Waals surface area contributed by atoms with Crippen molar-refractivity contribution >= 4 is 5.69 Å². The van der Waals surface area contributed by atoms with Crippen LogP contribution in [0.25, 0.3) is 11.1 Å². The van der Waals surface area contributed by atoms with Crippen LogP contribution in [0.15, 0.2) is 67.0 Å². The standard InChI is InChI=1S/C22H25N3O2/c1-24-22-16-25(12-11-21(22)23)15-17-3-5-18(6-4-17)19-7-9-20(10-8-19)27-14-13-26-2/h3-12,16,23-24H,13-15H2,1-2H3. The van der Waals surface area contributed by atoms with Gasteiger partial charge in [0, 0.05) is 33.1 Å². The van der Waals surface area contributed by atoms with Crippen LogP contribution in [0.5, 0.6) is 5.75 Å². The van der Waals surface area contributed by atoms with Crippen molar-refractivity contribution in [3.63, 3.8) is 0 Å². The first-order valence-corrected chi connectivity index (χ1v) is 8.93. The Morgan fingerprint density at radius 3 is 2.22 bits per heavy atom. The van der Waals surface area contributed by atoms with Gasteiger partial charge in [-0.15, -0.1) is 0 Å². The van der Waals surface area contributed by atoms with Crippen LogP contribution >= 0.6 is 0 Å². The van der Waals surface area contributed by atoms with Crippen LogP contribution in [-0.4, -0.2) is 31.9 Å². The van der Waals surface area contributed by atoms with Crippen molar-refractivity contribution in [2.75, 3.05) is 32.7 Å². The number of nitrogens with zero attached hydrogens (tertiary/aromatic N) is 1. The van der Waals surface area contributed by atoms with Crippen molar-refractivity contribution in [1.82, 2.24) is 4.57 Å². The fourth-order valence-corrected chi connectivity index (χ4v) is 2.84. The maximum atomic E-state index is 7.84.